The number of likely N-dealkylation sites (tertiary alicyclic amines) is 1. The smallest absolute Gasteiger partial charge is 0.175 e. The monoisotopic (exact) mass is 371 g/mol. The molecule has 0 bridgehead atoms. The van der Waals surface area contributed by atoms with E-state index < -0.39 is 0 Å². The lowest BCUT2D eigenvalue weighted by atomic mass is 9.89. The Kier molecular flexibility index (Phi) is 5.64. The molecule has 0 amide bonds. The van der Waals surface area contributed by atoms with Crippen molar-refractivity contribution < 1.29 is 9.18 Å². The van der Waals surface area contributed by atoms with Crippen molar-refractivity contribution in [2.24, 2.45) is 11.7 Å². The van der Waals surface area contributed by atoms with Crippen molar-refractivity contribution in [2.75, 3.05) is 25.0 Å². The van der Waals surface area contributed by atoms with Crippen LogP contribution in [0.1, 0.15) is 23.2 Å². The van der Waals surface area contributed by atoms with Crippen molar-refractivity contribution in [3.63, 3.8) is 0 Å². The molecule has 3 rings (SSSR count). The Balaban J connectivity index is 1.89. The molecule has 2 aromatic rings. The average Bonchev–Trinajstić information content (AvgIpc) is 2.62. The number of anilines is 2. The zero-order chi connectivity index (χ0) is 18.7. The standard InChI is InChI=1S/C20H22FN3OS/c1-23-10-8-14(9-11-23)19(25)15-4-2-6-17(12-15)24(20(22)26)18-7-3-5-16(21)13-18/h2-7,12-14H,8-11H2,1H3,(H2,22,26). The molecule has 1 aliphatic heterocycles. The predicted molar refractivity (Wildman–Crippen MR) is 106 cm³/mol. The third-order valence-corrected chi connectivity index (χ3v) is 4.95. The summed E-state index contributed by atoms with van der Waals surface area (Å²) in [6, 6.07) is 13.3. The van der Waals surface area contributed by atoms with Crippen LogP contribution in [0.2, 0.25) is 0 Å². The molecule has 0 radical (unpaired) electrons. The number of thiocarbonyl (C=S) groups is 1. The van der Waals surface area contributed by atoms with Crippen LogP contribution in [-0.4, -0.2) is 35.9 Å². The van der Waals surface area contributed by atoms with Crippen molar-refractivity contribution in [3.05, 3.63) is 59.9 Å². The van der Waals surface area contributed by atoms with E-state index in [1.807, 2.05) is 18.2 Å². The zero-order valence-corrected chi connectivity index (χ0v) is 15.5. The molecule has 0 saturated carbocycles. The number of nitrogens with zero attached hydrogens (tertiary/aromatic N) is 2. The molecule has 0 unspecified atom stereocenters. The van der Waals surface area contributed by atoms with Crippen LogP contribution in [0.3, 0.4) is 0 Å². The normalized spacial score (nSPS) is 15.6. The fraction of sp³-hybridized carbons (Fsp3) is 0.300. The quantitative estimate of drug-likeness (QED) is 0.655. The van der Waals surface area contributed by atoms with Gasteiger partial charge >= 0.3 is 0 Å². The van der Waals surface area contributed by atoms with Crippen molar-refractivity contribution >= 4 is 34.5 Å². The molecule has 1 heterocycles. The van der Waals surface area contributed by atoms with Gasteiger partial charge in [0.2, 0.25) is 0 Å². The highest BCUT2D eigenvalue weighted by Crippen LogP contribution is 2.28. The molecule has 2 aromatic carbocycles. The number of halogens is 1. The Bertz CT molecular complexity index is 818. The van der Waals surface area contributed by atoms with E-state index in [4.69, 9.17) is 18.0 Å². The van der Waals surface area contributed by atoms with Crippen LogP contribution in [0.4, 0.5) is 15.8 Å². The number of hydrogen-bond acceptors (Lipinski definition) is 3. The van der Waals surface area contributed by atoms with E-state index in [0.29, 0.717) is 16.9 Å². The number of hydrogen-bond donors (Lipinski definition) is 1. The van der Waals surface area contributed by atoms with E-state index in [2.05, 4.69) is 11.9 Å². The minimum atomic E-state index is -0.373. The molecule has 1 saturated heterocycles. The maximum absolute atomic E-state index is 13.6. The van der Waals surface area contributed by atoms with Crippen LogP contribution in [-0.2, 0) is 0 Å². The van der Waals surface area contributed by atoms with Crippen molar-refractivity contribution in [1.82, 2.24) is 4.90 Å². The van der Waals surface area contributed by atoms with Gasteiger partial charge in [-0.1, -0.05) is 18.2 Å². The van der Waals surface area contributed by atoms with E-state index in [0.717, 1.165) is 25.9 Å². The summed E-state index contributed by atoms with van der Waals surface area (Å²) in [5.74, 6) is -0.196. The van der Waals surface area contributed by atoms with Crippen LogP contribution < -0.4 is 10.6 Å². The Hall–Kier alpha value is -2.31. The van der Waals surface area contributed by atoms with Gasteiger partial charge in [-0.25, -0.2) is 4.39 Å². The highest BCUT2D eigenvalue weighted by Gasteiger charge is 2.25. The summed E-state index contributed by atoms with van der Waals surface area (Å²) < 4.78 is 13.6. The number of rotatable bonds is 4. The van der Waals surface area contributed by atoms with Crippen LogP contribution in [0.25, 0.3) is 0 Å². The Morgan fingerprint density at radius 1 is 1.15 bits per heavy atom. The highest BCUT2D eigenvalue weighted by molar-refractivity contribution is 7.80. The van der Waals surface area contributed by atoms with Gasteiger partial charge in [0.25, 0.3) is 0 Å². The summed E-state index contributed by atoms with van der Waals surface area (Å²) in [4.78, 5) is 16.7. The maximum atomic E-state index is 13.6. The molecule has 0 atom stereocenters. The number of ketones is 1. The fourth-order valence-corrected chi connectivity index (χ4v) is 3.53. The summed E-state index contributed by atoms with van der Waals surface area (Å²) >= 11 is 5.16. The van der Waals surface area contributed by atoms with Crippen molar-refractivity contribution in [1.29, 1.82) is 0 Å². The largest absolute Gasteiger partial charge is 0.376 e. The number of carbonyl (C=O) groups is 1. The number of piperidine rings is 1. The first kappa shape index (κ1) is 18.5. The summed E-state index contributed by atoms with van der Waals surface area (Å²) in [5.41, 5.74) is 7.70. The lowest BCUT2D eigenvalue weighted by molar-refractivity contribution is 0.0857. The van der Waals surface area contributed by atoms with Crippen molar-refractivity contribution in [3.8, 4) is 0 Å². The minimum absolute atomic E-state index is 0.0360. The molecule has 0 spiro atoms. The number of Topliss-reactive ketones (excluding diaryl/α,β-unsaturated/α-hetero) is 1. The molecule has 1 fully saturated rings. The first-order chi connectivity index (χ1) is 12.5. The molecule has 136 valence electrons. The van der Waals surface area contributed by atoms with Gasteiger partial charge < -0.3 is 10.6 Å². The molecule has 4 nitrogen and oxygen atoms in total. The third kappa shape index (κ3) is 4.08. The van der Waals surface area contributed by atoms with Crippen LogP contribution >= 0.6 is 12.2 Å². The fourth-order valence-electron chi connectivity index (χ4n) is 3.32. The Morgan fingerprint density at radius 2 is 1.77 bits per heavy atom. The second-order valence-corrected chi connectivity index (χ2v) is 7.06. The molecule has 6 heteroatoms. The van der Waals surface area contributed by atoms with E-state index in [1.165, 1.54) is 12.1 Å². The molecule has 0 aliphatic carbocycles. The lowest BCUT2D eigenvalue weighted by Gasteiger charge is -2.28. The Labute approximate surface area is 158 Å². The van der Waals surface area contributed by atoms with E-state index in [9.17, 15) is 9.18 Å². The first-order valence-electron chi connectivity index (χ1n) is 8.63. The van der Waals surface area contributed by atoms with Gasteiger partial charge in [0.1, 0.15) is 5.82 Å². The van der Waals surface area contributed by atoms with Crippen LogP contribution in [0.15, 0.2) is 48.5 Å². The van der Waals surface area contributed by atoms with Gasteiger partial charge in [0, 0.05) is 17.2 Å². The maximum Gasteiger partial charge on any atom is 0.175 e. The topological polar surface area (TPSA) is 49.6 Å². The van der Waals surface area contributed by atoms with Gasteiger partial charge in [-0.2, -0.15) is 0 Å². The van der Waals surface area contributed by atoms with Gasteiger partial charge in [0.15, 0.2) is 10.9 Å². The first-order valence-corrected chi connectivity index (χ1v) is 9.04. The predicted octanol–water partition coefficient (Wildman–Crippen LogP) is 3.73. The molecular formula is C20H22FN3OS. The minimum Gasteiger partial charge on any atom is -0.376 e. The molecular weight excluding hydrogens is 349 g/mol. The van der Waals surface area contributed by atoms with Gasteiger partial charge in [-0.3, -0.25) is 9.69 Å². The summed E-state index contributed by atoms with van der Waals surface area (Å²) in [5, 5.41) is 0.0968. The average molecular weight is 371 g/mol. The van der Waals surface area contributed by atoms with Crippen LogP contribution in [0.5, 0.6) is 0 Å². The van der Waals surface area contributed by atoms with Crippen LogP contribution in [0, 0.1) is 11.7 Å². The van der Waals surface area contributed by atoms with E-state index in [-0.39, 0.29) is 22.6 Å². The van der Waals surface area contributed by atoms with E-state index in [1.54, 1.807) is 23.1 Å². The second-order valence-electron chi connectivity index (χ2n) is 6.65. The third-order valence-electron chi connectivity index (χ3n) is 4.77. The zero-order valence-electron chi connectivity index (χ0n) is 14.7. The number of carbonyl (C=O) groups excluding carboxylic acids is 1. The van der Waals surface area contributed by atoms with Gasteiger partial charge in [0.05, 0.1) is 5.69 Å². The molecule has 0 aromatic heterocycles. The summed E-state index contributed by atoms with van der Waals surface area (Å²) in [7, 11) is 2.07. The van der Waals surface area contributed by atoms with Gasteiger partial charge in [-0.15, -0.1) is 0 Å². The van der Waals surface area contributed by atoms with E-state index >= 15 is 0 Å². The lowest BCUT2D eigenvalue weighted by Crippen LogP contribution is -2.34. The summed E-state index contributed by atoms with van der Waals surface area (Å²) in [6.45, 7) is 1.86. The Morgan fingerprint density at radius 3 is 2.38 bits per heavy atom. The number of nitrogens with two attached hydrogens (primary N) is 1. The molecule has 1 aliphatic rings. The summed E-state index contributed by atoms with van der Waals surface area (Å²) in [6.07, 6.45) is 1.73. The molecule has 26 heavy (non-hydrogen) atoms. The molecule has 2 N–H and O–H groups in total. The SMILES string of the molecule is CN1CCC(C(=O)c2cccc(N(C(N)=S)c3cccc(F)c3)c2)CC1. The number of benzene rings is 2. The van der Waals surface area contributed by atoms with Crippen molar-refractivity contribution in [2.45, 2.75) is 12.8 Å². The van der Waals surface area contributed by atoms with Gasteiger partial charge in [-0.05, 0) is 75.5 Å². The second kappa shape index (κ2) is 7.93. The highest BCUT2D eigenvalue weighted by atomic mass is 32.1.